The Morgan fingerprint density at radius 3 is 2.44 bits per heavy atom. The van der Waals surface area contributed by atoms with Gasteiger partial charge in [-0.3, -0.25) is 24.1 Å². The van der Waals surface area contributed by atoms with Crippen LogP contribution in [0.1, 0.15) is 23.2 Å². The molecule has 36 heavy (non-hydrogen) atoms. The van der Waals surface area contributed by atoms with Crippen LogP contribution < -0.4 is 15.2 Å². The summed E-state index contributed by atoms with van der Waals surface area (Å²) < 4.78 is 13.0. The number of rotatable bonds is 8. The van der Waals surface area contributed by atoms with E-state index in [1.54, 1.807) is 7.11 Å². The summed E-state index contributed by atoms with van der Waals surface area (Å²) in [4.78, 5) is 25.7. The Morgan fingerprint density at radius 1 is 0.944 bits per heavy atom. The number of morpholine rings is 1. The molecule has 0 saturated carbocycles. The van der Waals surface area contributed by atoms with Crippen LogP contribution in [-0.2, 0) is 17.8 Å². The van der Waals surface area contributed by atoms with Crippen LogP contribution in [0, 0.1) is 6.92 Å². The van der Waals surface area contributed by atoms with E-state index in [4.69, 9.17) is 14.5 Å². The number of hydrogen-bond acceptors (Lipinski definition) is 7. The third-order valence-corrected chi connectivity index (χ3v) is 7.03. The van der Waals surface area contributed by atoms with Gasteiger partial charge in [0.15, 0.2) is 0 Å². The zero-order chi connectivity index (χ0) is 24.9. The minimum Gasteiger partial charge on any atom is -0.495 e. The lowest BCUT2D eigenvalue weighted by Crippen LogP contribution is -2.49. The normalized spacial score (nSPS) is 16.7. The molecule has 1 saturated heterocycles. The molecule has 2 aliphatic rings. The Hall–Kier alpha value is -3.20. The number of fused-ring (bicyclic) bond motifs is 1. The highest BCUT2D eigenvalue weighted by atomic mass is 16.5. The maximum Gasteiger partial charge on any atom is 0.259 e. The van der Waals surface area contributed by atoms with Crippen molar-refractivity contribution in [3.8, 4) is 5.75 Å². The molecule has 0 N–H and O–H groups in total. The highest BCUT2D eigenvalue weighted by molar-refractivity contribution is 5.66. The van der Waals surface area contributed by atoms with Crippen molar-refractivity contribution in [1.82, 2.24) is 19.4 Å². The van der Waals surface area contributed by atoms with E-state index in [1.807, 2.05) is 54.0 Å². The van der Waals surface area contributed by atoms with Crippen molar-refractivity contribution in [1.29, 1.82) is 0 Å². The monoisotopic (exact) mass is 489 g/mol. The molecule has 1 fully saturated rings. The number of aromatic nitrogens is 2. The van der Waals surface area contributed by atoms with Crippen LogP contribution in [0.2, 0.25) is 0 Å². The van der Waals surface area contributed by atoms with Gasteiger partial charge in [-0.05, 0) is 37.6 Å². The Balaban J connectivity index is 1.46. The summed E-state index contributed by atoms with van der Waals surface area (Å²) in [6, 6.07) is 18.1. The summed E-state index contributed by atoms with van der Waals surface area (Å²) in [5, 5.41) is 0. The van der Waals surface area contributed by atoms with Crippen LogP contribution in [0.15, 0.2) is 59.4 Å². The lowest BCUT2D eigenvalue weighted by atomic mass is 10.1. The first kappa shape index (κ1) is 24.5. The van der Waals surface area contributed by atoms with E-state index < -0.39 is 0 Å². The lowest BCUT2D eigenvalue weighted by molar-refractivity contribution is 0.0354. The Bertz CT molecular complexity index is 1220. The molecule has 0 aliphatic carbocycles. The van der Waals surface area contributed by atoms with Gasteiger partial charge in [0.2, 0.25) is 5.95 Å². The maximum atomic E-state index is 13.9. The maximum absolute atomic E-state index is 13.9. The van der Waals surface area contributed by atoms with Gasteiger partial charge in [0.05, 0.1) is 45.0 Å². The zero-order valence-corrected chi connectivity index (χ0v) is 21.2. The van der Waals surface area contributed by atoms with Crippen molar-refractivity contribution < 1.29 is 9.47 Å². The van der Waals surface area contributed by atoms with Gasteiger partial charge in [-0.15, -0.1) is 0 Å². The number of hydrogen-bond donors (Lipinski definition) is 0. The minimum absolute atomic E-state index is 0.0270. The van der Waals surface area contributed by atoms with Gasteiger partial charge in [-0.2, -0.15) is 0 Å². The van der Waals surface area contributed by atoms with E-state index >= 15 is 0 Å². The molecule has 5 rings (SSSR count). The van der Waals surface area contributed by atoms with Crippen LogP contribution >= 0.6 is 0 Å². The molecule has 3 aromatic rings. The van der Waals surface area contributed by atoms with Crippen LogP contribution in [0.4, 0.5) is 11.6 Å². The van der Waals surface area contributed by atoms with Crippen molar-refractivity contribution >= 4 is 11.6 Å². The second-order valence-electron chi connectivity index (χ2n) is 9.46. The molecule has 2 aliphatic heterocycles. The average molecular weight is 490 g/mol. The predicted molar refractivity (Wildman–Crippen MR) is 141 cm³/mol. The highest BCUT2D eigenvalue weighted by Gasteiger charge is 2.29. The van der Waals surface area contributed by atoms with E-state index in [1.165, 1.54) is 0 Å². The first-order valence-electron chi connectivity index (χ1n) is 12.7. The van der Waals surface area contributed by atoms with Crippen LogP contribution in [0.25, 0.3) is 0 Å². The van der Waals surface area contributed by atoms with Crippen LogP contribution in [-0.4, -0.2) is 72.5 Å². The molecule has 2 aromatic carbocycles. The van der Waals surface area contributed by atoms with Crippen molar-refractivity contribution in [3.05, 3.63) is 81.8 Å². The van der Waals surface area contributed by atoms with E-state index in [0.29, 0.717) is 25.7 Å². The predicted octanol–water partition coefficient (Wildman–Crippen LogP) is 3.24. The van der Waals surface area contributed by atoms with Gasteiger partial charge >= 0.3 is 0 Å². The number of para-hydroxylation sites is 2. The van der Waals surface area contributed by atoms with Crippen molar-refractivity contribution in [2.75, 3.05) is 58.1 Å². The van der Waals surface area contributed by atoms with Crippen LogP contribution in [0.3, 0.4) is 0 Å². The lowest BCUT2D eigenvalue weighted by Gasteiger charge is -2.39. The zero-order valence-electron chi connectivity index (χ0n) is 21.2. The highest BCUT2D eigenvalue weighted by Crippen LogP contribution is 2.34. The van der Waals surface area contributed by atoms with Gasteiger partial charge in [-0.25, -0.2) is 4.98 Å². The summed E-state index contributed by atoms with van der Waals surface area (Å²) >= 11 is 0. The number of methoxy groups -OCH3 is 1. The third-order valence-electron chi connectivity index (χ3n) is 7.03. The molecule has 1 aromatic heterocycles. The van der Waals surface area contributed by atoms with Crippen molar-refractivity contribution in [2.24, 2.45) is 0 Å². The number of nitrogens with zero attached hydrogens (tertiary/aromatic N) is 5. The van der Waals surface area contributed by atoms with Crippen molar-refractivity contribution in [2.45, 2.75) is 26.4 Å². The minimum atomic E-state index is 0.0270. The number of benzene rings is 2. The summed E-state index contributed by atoms with van der Waals surface area (Å²) in [5.74, 6) is 1.43. The smallest absolute Gasteiger partial charge is 0.259 e. The Kier molecular flexibility index (Phi) is 7.65. The van der Waals surface area contributed by atoms with Crippen LogP contribution in [0.5, 0.6) is 5.75 Å². The summed E-state index contributed by atoms with van der Waals surface area (Å²) in [6.45, 7) is 8.62. The molecule has 0 radical (unpaired) electrons. The third kappa shape index (κ3) is 5.31. The Morgan fingerprint density at radius 2 is 1.67 bits per heavy atom. The molecule has 8 heteroatoms. The second-order valence-corrected chi connectivity index (χ2v) is 9.46. The quantitative estimate of drug-likeness (QED) is 0.481. The standard InChI is InChI=1S/C28H35N5O3/c1-22-24(19-23-9-4-3-5-10-23)27(34)33-21-31(14-8-13-30-15-17-36-18-16-30)20-32(28(33)29-22)25-11-6-7-12-26(25)35-2/h3-7,9-12H,8,13-21H2,1-2H3. The van der Waals surface area contributed by atoms with E-state index in [9.17, 15) is 4.79 Å². The van der Waals surface area contributed by atoms with Gasteiger partial charge in [0.25, 0.3) is 5.56 Å². The average Bonchev–Trinajstić information content (AvgIpc) is 2.92. The molecule has 8 nitrogen and oxygen atoms in total. The number of anilines is 2. The number of ether oxygens (including phenoxy) is 2. The topological polar surface area (TPSA) is 63.1 Å². The van der Waals surface area contributed by atoms with Gasteiger partial charge in [-0.1, -0.05) is 42.5 Å². The number of aryl methyl sites for hydroxylation is 1. The van der Waals surface area contributed by atoms with E-state index in [2.05, 4.69) is 26.8 Å². The fourth-order valence-corrected chi connectivity index (χ4v) is 5.05. The summed E-state index contributed by atoms with van der Waals surface area (Å²) in [5.41, 5.74) is 3.57. The van der Waals surface area contributed by atoms with Gasteiger partial charge in [0, 0.05) is 31.6 Å². The second kappa shape index (κ2) is 11.2. The summed E-state index contributed by atoms with van der Waals surface area (Å²) in [7, 11) is 1.68. The molecule has 190 valence electrons. The molecule has 3 heterocycles. The molecule has 0 atom stereocenters. The van der Waals surface area contributed by atoms with Gasteiger partial charge < -0.3 is 9.47 Å². The SMILES string of the molecule is COc1ccccc1N1CN(CCCN2CCOCC2)Cn2c1nc(C)c(Cc1ccccc1)c2=O. The van der Waals surface area contributed by atoms with Crippen molar-refractivity contribution in [3.63, 3.8) is 0 Å². The molecular formula is C28H35N5O3. The molecule has 0 amide bonds. The first-order chi connectivity index (χ1) is 17.6. The Labute approximate surface area is 212 Å². The molecular weight excluding hydrogens is 454 g/mol. The first-order valence-corrected chi connectivity index (χ1v) is 12.7. The molecule has 0 spiro atoms. The van der Waals surface area contributed by atoms with Gasteiger partial charge in [0.1, 0.15) is 5.75 Å². The summed E-state index contributed by atoms with van der Waals surface area (Å²) in [6.07, 6.45) is 1.60. The van der Waals surface area contributed by atoms with E-state index in [-0.39, 0.29) is 5.56 Å². The largest absolute Gasteiger partial charge is 0.495 e. The molecule has 0 bridgehead atoms. The fourth-order valence-electron chi connectivity index (χ4n) is 5.05. The van der Waals surface area contributed by atoms with E-state index in [0.717, 1.165) is 74.1 Å². The fraction of sp³-hybridized carbons (Fsp3) is 0.429. The molecule has 0 unspecified atom stereocenters.